The third kappa shape index (κ3) is 5.08. The fourth-order valence-corrected chi connectivity index (χ4v) is 11.6. The zero-order valence-electron chi connectivity index (χ0n) is 33.5. The van der Waals surface area contributed by atoms with Gasteiger partial charge in [-0.15, -0.1) is 11.3 Å². The molecule has 0 bridgehead atoms. The van der Waals surface area contributed by atoms with Crippen molar-refractivity contribution in [2.24, 2.45) is 0 Å². The molecule has 3 nitrogen and oxygen atoms in total. The first-order chi connectivity index (χ1) is 30.7. The monoisotopic (exact) mass is 805 g/mol. The number of benzene rings is 9. The summed E-state index contributed by atoms with van der Waals surface area (Å²) in [4.78, 5) is 15.8. The predicted molar refractivity (Wildman–Crippen MR) is 256 cm³/mol. The number of hydrogen-bond acceptors (Lipinski definition) is 4. The number of thiophene rings is 1. The number of hydrogen-bond donors (Lipinski definition) is 0. The molecule has 0 saturated carbocycles. The average molecular weight is 806 g/mol. The summed E-state index contributed by atoms with van der Waals surface area (Å²) in [6.07, 6.45) is 0. The molecule has 13 rings (SSSR count). The minimum Gasteiger partial charge on any atom is -0.208 e. The van der Waals surface area contributed by atoms with E-state index in [0.717, 1.165) is 27.8 Å². The van der Waals surface area contributed by atoms with Gasteiger partial charge in [-0.1, -0.05) is 194 Å². The van der Waals surface area contributed by atoms with Crippen molar-refractivity contribution in [3.63, 3.8) is 0 Å². The molecule has 0 fully saturated rings. The SMILES string of the molecule is c1ccc(-c2cccc(-c3nc(-c4ccccc4)nc(-c4ccc5c(c4)C4(c6ccccc6-c6ccccc6-5)c5ccccc5-c5c4ccc4c5sc5ccccc54)n3)c2)cc1. The topological polar surface area (TPSA) is 38.7 Å². The largest absolute Gasteiger partial charge is 0.208 e. The molecule has 0 radical (unpaired) electrons. The van der Waals surface area contributed by atoms with Gasteiger partial charge in [0.15, 0.2) is 17.5 Å². The van der Waals surface area contributed by atoms with Gasteiger partial charge in [0.05, 0.1) is 5.41 Å². The molecule has 0 saturated heterocycles. The van der Waals surface area contributed by atoms with Crippen LogP contribution >= 0.6 is 11.3 Å². The second-order valence-corrected chi connectivity index (χ2v) is 17.3. The summed E-state index contributed by atoms with van der Waals surface area (Å²) in [7, 11) is 0. The first-order valence-electron chi connectivity index (χ1n) is 21.1. The molecule has 288 valence electrons. The zero-order chi connectivity index (χ0) is 40.8. The lowest BCUT2D eigenvalue weighted by atomic mass is 9.65. The highest BCUT2D eigenvalue weighted by Gasteiger charge is 2.50. The fraction of sp³-hybridized carbons (Fsp3) is 0.0172. The number of fused-ring (bicyclic) bond motifs is 16. The molecule has 0 aliphatic heterocycles. The number of aromatic nitrogens is 3. The van der Waals surface area contributed by atoms with E-state index in [9.17, 15) is 0 Å². The van der Waals surface area contributed by atoms with E-state index in [1.165, 1.54) is 75.8 Å². The first kappa shape index (κ1) is 35.0. The smallest absolute Gasteiger partial charge is 0.164 e. The van der Waals surface area contributed by atoms with Crippen molar-refractivity contribution in [1.82, 2.24) is 15.0 Å². The van der Waals surface area contributed by atoms with Crippen LogP contribution in [-0.2, 0) is 5.41 Å². The van der Waals surface area contributed by atoms with Crippen LogP contribution < -0.4 is 0 Å². The minimum absolute atomic E-state index is 0.634. The van der Waals surface area contributed by atoms with Gasteiger partial charge >= 0.3 is 0 Å². The highest BCUT2D eigenvalue weighted by molar-refractivity contribution is 7.26. The van der Waals surface area contributed by atoms with Crippen LogP contribution in [0.2, 0.25) is 0 Å². The van der Waals surface area contributed by atoms with E-state index in [4.69, 9.17) is 15.0 Å². The van der Waals surface area contributed by atoms with Gasteiger partial charge in [0.25, 0.3) is 0 Å². The highest BCUT2D eigenvalue weighted by Crippen LogP contribution is 2.63. The number of rotatable bonds is 4. The van der Waals surface area contributed by atoms with E-state index in [-0.39, 0.29) is 0 Å². The molecule has 2 aromatic heterocycles. The Kier molecular flexibility index (Phi) is 7.69. The van der Waals surface area contributed by atoms with E-state index in [0.29, 0.717) is 17.5 Å². The molecule has 11 aromatic rings. The Morgan fingerprint density at radius 1 is 0.306 bits per heavy atom. The van der Waals surface area contributed by atoms with Crippen molar-refractivity contribution in [2.45, 2.75) is 5.41 Å². The summed E-state index contributed by atoms with van der Waals surface area (Å²) in [5.41, 5.74) is 17.0. The van der Waals surface area contributed by atoms with Gasteiger partial charge in [-0.2, -0.15) is 0 Å². The summed E-state index contributed by atoms with van der Waals surface area (Å²) in [5.74, 6) is 1.91. The van der Waals surface area contributed by atoms with Gasteiger partial charge in [0.2, 0.25) is 0 Å². The Balaban J connectivity index is 1.12. The molecule has 2 aliphatic carbocycles. The molecule has 4 heteroatoms. The van der Waals surface area contributed by atoms with Gasteiger partial charge in [0.1, 0.15) is 0 Å². The lowest BCUT2D eigenvalue weighted by Crippen LogP contribution is -2.29. The Morgan fingerprint density at radius 2 is 0.839 bits per heavy atom. The summed E-state index contributed by atoms with van der Waals surface area (Å²) < 4.78 is 2.64. The van der Waals surface area contributed by atoms with E-state index in [2.05, 4.69) is 188 Å². The third-order valence-electron chi connectivity index (χ3n) is 13.0. The van der Waals surface area contributed by atoms with Crippen molar-refractivity contribution in [3.05, 3.63) is 235 Å². The molecule has 0 N–H and O–H groups in total. The van der Waals surface area contributed by atoms with E-state index >= 15 is 0 Å². The molecule has 9 aromatic carbocycles. The molecule has 1 unspecified atom stereocenters. The standard InChI is InChI=1S/C58H35N3S/c1-3-16-36(17-4-1)38-20-15-21-39(34-38)56-59-55(37-18-5-2-6-19-37)60-57(61-56)40-30-31-44-42-23-8-7-22-41(42)43-24-9-12-27-48(43)58(51(44)35-40)49-28-13-10-26-47(49)53-50(58)33-32-46-45-25-11-14-29-52(45)62-54(46)53/h1-35H. The zero-order valence-corrected chi connectivity index (χ0v) is 34.3. The minimum atomic E-state index is -0.653. The Hall–Kier alpha value is -7.79. The van der Waals surface area contributed by atoms with Crippen LogP contribution in [-0.4, -0.2) is 15.0 Å². The molecule has 1 atom stereocenters. The van der Waals surface area contributed by atoms with Gasteiger partial charge in [-0.3, -0.25) is 0 Å². The Labute approximate surface area is 363 Å². The van der Waals surface area contributed by atoms with Crippen LogP contribution in [0, 0.1) is 0 Å². The van der Waals surface area contributed by atoms with Gasteiger partial charge in [0, 0.05) is 42.4 Å². The van der Waals surface area contributed by atoms with Crippen molar-refractivity contribution >= 4 is 31.5 Å². The van der Waals surface area contributed by atoms with Crippen molar-refractivity contribution in [1.29, 1.82) is 0 Å². The molecule has 0 amide bonds. The van der Waals surface area contributed by atoms with Crippen molar-refractivity contribution in [3.8, 4) is 78.7 Å². The highest BCUT2D eigenvalue weighted by atomic mass is 32.1. The summed E-state index contributed by atoms with van der Waals surface area (Å²) in [5, 5.41) is 2.61. The van der Waals surface area contributed by atoms with Crippen LogP contribution in [0.4, 0.5) is 0 Å². The van der Waals surface area contributed by atoms with Crippen LogP contribution in [0.15, 0.2) is 212 Å². The summed E-state index contributed by atoms with van der Waals surface area (Å²) >= 11 is 1.90. The summed E-state index contributed by atoms with van der Waals surface area (Å²) in [6, 6.07) is 76.9. The average Bonchev–Trinajstić information content (AvgIpc) is 3.85. The van der Waals surface area contributed by atoms with E-state index < -0.39 is 5.41 Å². The van der Waals surface area contributed by atoms with Gasteiger partial charge < -0.3 is 0 Å². The fourth-order valence-electron chi connectivity index (χ4n) is 10.3. The number of nitrogens with zero attached hydrogens (tertiary/aromatic N) is 3. The van der Waals surface area contributed by atoms with Crippen molar-refractivity contribution in [2.75, 3.05) is 0 Å². The van der Waals surface area contributed by atoms with E-state index in [1.807, 2.05) is 35.6 Å². The third-order valence-corrected chi connectivity index (χ3v) is 14.2. The molecule has 2 aliphatic rings. The normalized spacial score (nSPS) is 14.5. The Morgan fingerprint density at radius 3 is 1.58 bits per heavy atom. The maximum absolute atomic E-state index is 5.34. The molecular formula is C58H35N3S. The van der Waals surface area contributed by atoms with Crippen LogP contribution in [0.1, 0.15) is 22.3 Å². The maximum Gasteiger partial charge on any atom is 0.164 e. The van der Waals surface area contributed by atoms with Crippen LogP contribution in [0.25, 0.3) is 98.8 Å². The van der Waals surface area contributed by atoms with E-state index in [1.54, 1.807) is 0 Å². The molecule has 1 spiro atoms. The first-order valence-corrected chi connectivity index (χ1v) is 21.9. The second kappa shape index (κ2) is 13.6. The van der Waals surface area contributed by atoms with Crippen LogP contribution in [0.3, 0.4) is 0 Å². The molecular weight excluding hydrogens is 771 g/mol. The maximum atomic E-state index is 5.34. The summed E-state index contributed by atoms with van der Waals surface area (Å²) in [6.45, 7) is 0. The van der Waals surface area contributed by atoms with Crippen molar-refractivity contribution < 1.29 is 0 Å². The quantitative estimate of drug-likeness (QED) is 0.178. The molecule has 62 heavy (non-hydrogen) atoms. The van der Waals surface area contributed by atoms with Crippen LogP contribution in [0.5, 0.6) is 0 Å². The molecule has 2 heterocycles. The van der Waals surface area contributed by atoms with Gasteiger partial charge in [-0.25, -0.2) is 15.0 Å². The van der Waals surface area contributed by atoms with Gasteiger partial charge in [-0.05, 0) is 79.4 Å². The Bertz CT molecular complexity index is 3590. The second-order valence-electron chi connectivity index (χ2n) is 16.2. The lowest BCUT2D eigenvalue weighted by Gasteiger charge is -2.35. The predicted octanol–water partition coefficient (Wildman–Crippen LogP) is 14.9. The lowest BCUT2D eigenvalue weighted by molar-refractivity contribution is 0.776.